The number of anilines is 1. The summed E-state index contributed by atoms with van der Waals surface area (Å²) in [6.07, 6.45) is 0.901. The van der Waals surface area contributed by atoms with Crippen LogP contribution in [-0.4, -0.2) is 36.2 Å². The van der Waals surface area contributed by atoms with Crippen LogP contribution in [0.5, 0.6) is 11.5 Å². The van der Waals surface area contributed by atoms with E-state index in [2.05, 4.69) is 35.2 Å². The number of carbonyl (C=O) groups is 1. The topological polar surface area (TPSA) is 42.0 Å². The molecule has 0 saturated carbocycles. The van der Waals surface area contributed by atoms with Gasteiger partial charge in [-0.2, -0.15) is 0 Å². The Balaban J connectivity index is 1.23. The van der Waals surface area contributed by atoms with Gasteiger partial charge in [0, 0.05) is 34.4 Å². The van der Waals surface area contributed by atoms with Crippen LogP contribution >= 0.6 is 11.3 Å². The zero-order chi connectivity index (χ0) is 18.0. The fourth-order valence-corrected chi connectivity index (χ4v) is 5.62. The van der Waals surface area contributed by atoms with Gasteiger partial charge in [-0.3, -0.25) is 9.69 Å². The molecule has 3 aliphatic rings. The first kappa shape index (κ1) is 15.5. The van der Waals surface area contributed by atoms with Crippen LogP contribution in [0, 0.1) is 0 Å². The summed E-state index contributed by atoms with van der Waals surface area (Å²) in [6.45, 7) is 2.02. The molecule has 136 valence electrons. The Kier molecular flexibility index (Phi) is 3.28. The maximum atomic E-state index is 13.1. The largest absolute Gasteiger partial charge is 0.454 e. The first-order valence-corrected chi connectivity index (χ1v) is 10.0. The minimum atomic E-state index is -0.0226. The summed E-state index contributed by atoms with van der Waals surface area (Å²) >= 11 is 1.83. The predicted octanol–water partition coefficient (Wildman–Crippen LogP) is 3.62. The van der Waals surface area contributed by atoms with E-state index in [1.54, 1.807) is 0 Å². The van der Waals surface area contributed by atoms with Gasteiger partial charge in [0.15, 0.2) is 11.5 Å². The van der Waals surface area contributed by atoms with Crippen LogP contribution in [0.25, 0.3) is 10.1 Å². The molecule has 0 N–H and O–H groups in total. The number of amides is 1. The second-order valence-corrected chi connectivity index (χ2v) is 8.50. The minimum absolute atomic E-state index is 0.0226. The molecule has 2 bridgehead atoms. The first-order chi connectivity index (χ1) is 13.3. The van der Waals surface area contributed by atoms with Crippen molar-refractivity contribution in [3.8, 4) is 11.5 Å². The summed E-state index contributed by atoms with van der Waals surface area (Å²) in [7, 11) is 0. The minimum Gasteiger partial charge on any atom is -0.454 e. The molecular formula is C21H18N2O3S. The lowest BCUT2D eigenvalue weighted by Crippen LogP contribution is -2.50. The van der Waals surface area contributed by atoms with Gasteiger partial charge < -0.3 is 14.4 Å². The van der Waals surface area contributed by atoms with Crippen molar-refractivity contribution in [2.75, 3.05) is 18.2 Å². The highest BCUT2D eigenvalue weighted by molar-refractivity contribution is 7.19. The first-order valence-electron chi connectivity index (χ1n) is 9.20. The van der Waals surface area contributed by atoms with Gasteiger partial charge >= 0.3 is 0 Å². The van der Waals surface area contributed by atoms with Crippen LogP contribution in [-0.2, 0) is 11.3 Å². The molecule has 2 fully saturated rings. The molecular weight excluding hydrogens is 360 g/mol. The van der Waals surface area contributed by atoms with Crippen LogP contribution in [0.2, 0.25) is 0 Å². The van der Waals surface area contributed by atoms with E-state index >= 15 is 0 Å². The molecule has 3 aliphatic heterocycles. The molecule has 3 aromatic rings. The van der Waals surface area contributed by atoms with Crippen LogP contribution in [0.15, 0.2) is 48.5 Å². The van der Waals surface area contributed by atoms with Crippen LogP contribution in [0.1, 0.15) is 11.3 Å². The van der Waals surface area contributed by atoms with Crippen molar-refractivity contribution in [3.05, 3.63) is 53.4 Å². The number of benzene rings is 2. The number of rotatable bonds is 3. The monoisotopic (exact) mass is 378 g/mol. The number of piperazine rings is 1. The number of hydrogen-bond acceptors (Lipinski definition) is 5. The van der Waals surface area contributed by atoms with E-state index in [1.165, 1.54) is 15.0 Å². The number of hydrogen-bond donors (Lipinski definition) is 0. The third-order valence-electron chi connectivity index (χ3n) is 5.74. The van der Waals surface area contributed by atoms with E-state index in [0.717, 1.165) is 36.7 Å². The van der Waals surface area contributed by atoms with E-state index in [-0.39, 0.29) is 24.8 Å². The van der Waals surface area contributed by atoms with Crippen LogP contribution in [0.4, 0.5) is 5.69 Å². The molecule has 0 radical (unpaired) electrons. The maximum Gasteiger partial charge on any atom is 0.244 e. The van der Waals surface area contributed by atoms with Gasteiger partial charge in [-0.15, -0.1) is 11.3 Å². The standard InChI is InChI=1S/C21H18N2O3S/c24-21-17-8-15(23(21)14-5-6-18-19(9-14)26-12-25-18)10-22(17)11-16-7-13-3-1-2-4-20(13)27-16/h1-7,9,15,17H,8,10-12H2/t15-,17-/m0/s1. The van der Waals surface area contributed by atoms with E-state index in [1.807, 2.05) is 34.4 Å². The van der Waals surface area contributed by atoms with Crippen molar-refractivity contribution in [2.24, 2.45) is 0 Å². The Labute approximate surface area is 160 Å². The average Bonchev–Trinajstić information content (AvgIpc) is 3.43. The van der Waals surface area contributed by atoms with Crippen molar-refractivity contribution < 1.29 is 14.3 Å². The molecule has 4 heterocycles. The summed E-state index contributed by atoms with van der Waals surface area (Å²) in [5, 5.41) is 1.29. The van der Waals surface area contributed by atoms with E-state index in [0.29, 0.717) is 0 Å². The Morgan fingerprint density at radius 2 is 1.96 bits per heavy atom. The second-order valence-electron chi connectivity index (χ2n) is 7.33. The highest BCUT2D eigenvalue weighted by atomic mass is 32.1. The number of carbonyl (C=O) groups excluding carboxylic acids is 1. The Morgan fingerprint density at radius 3 is 2.85 bits per heavy atom. The van der Waals surface area contributed by atoms with Crippen molar-refractivity contribution in [3.63, 3.8) is 0 Å². The van der Waals surface area contributed by atoms with E-state index in [4.69, 9.17) is 9.47 Å². The zero-order valence-corrected chi connectivity index (χ0v) is 15.4. The summed E-state index contributed by atoms with van der Waals surface area (Å²) in [4.78, 5) is 18.7. The van der Waals surface area contributed by atoms with E-state index < -0.39 is 0 Å². The van der Waals surface area contributed by atoms with Gasteiger partial charge in [0.25, 0.3) is 0 Å². The molecule has 2 atom stereocenters. The van der Waals surface area contributed by atoms with Gasteiger partial charge in [0.1, 0.15) is 0 Å². The third-order valence-corrected chi connectivity index (χ3v) is 6.84. The smallest absolute Gasteiger partial charge is 0.244 e. The molecule has 2 aromatic carbocycles. The van der Waals surface area contributed by atoms with Gasteiger partial charge in [-0.05, 0) is 36.1 Å². The highest BCUT2D eigenvalue weighted by Gasteiger charge is 2.50. The Morgan fingerprint density at radius 1 is 1.07 bits per heavy atom. The molecule has 27 heavy (non-hydrogen) atoms. The Bertz CT molecular complexity index is 1030. The fraction of sp³-hybridized carbons (Fsp3) is 0.286. The van der Waals surface area contributed by atoms with Crippen molar-refractivity contribution in [1.82, 2.24) is 4.90 Å². The number of ether oxygens (including phenoxy) is 2. The molecule has 1 aromatic heterocycles. The summed E-state index contributed by atoms with van der Waals surface area (Å²) < 4.78 is 12.2. The van der Waals surface area contributed by atoms with Crippen molar-refractivity contribution >= 4 is 33.0 Å². The quantitative estimate of drug-likeness (QED) is 0.698. The molecule has 5 nitrogen and oxygen atoms in total. The molecule has 6 heteroatoms. The lowest BCUT2D eigenvalue weighted by atomic mass is 10.2. The van der Waals surface area contributed by atoms with Gasteiger partial charge in [-0.25, -0.2) is 0 Å². The molecule has 0 spiro atoms. The summed E-state index contributed by atoms with van der Waals surface area (Å²) in [6, 6.07) is 16.7. The molecule has 6 rings (SSSR count). The number of fused-ring (bicyclic) bond motifs is 4. The number of likely N-dealkylation sites (tertiary alicyclic amines) is 1. The predicted molar refractivity (Wildman–Crippen MR) is 104 cm³/mol. The van der Waals surface area contributed by atoms with E-state index in [9.17, 15) is 4.79 Å². The zero-order valence-electron chi connectivity index (χ0n) is 14.6. The van der Waals surface area contributed by atoms with Gasteiger partial charge in [-0.1, -0.05) is 18.2 Å². The van der Waals surface area contributed by atoms with Crippen LogP contribution in [0.3, 0.4) is 0 Å². The number of thiophene rings is 1. The molecule has 0 unspecified atom stereocenters. The number of nitrogens with zero attached hydrogens (tertiary/aromatic N) is 2. The molecule has 2 saturated heterocycles. The van der Waals surface area contributed by atoms with Crippen molar-refractivity contribution in [2.45, 2.75) is 25.0 Å². The van der Waals surface area contributed by atoms with Gasteiger partial charge in [0.2, 0.25) is 12.7 Å². The normalized spacial score (nSPS) is 23.7. The lowest BCUT2D eigenvalue weighted by molar-refractivity contribution is -0.122. The SMILES string of the molecule is O=C1[C@@H]2C[C@@H](CN2Cc2cc3ccccc3s2)N1c1ccc2c(c1)OCO2. The average molecular weight is 378 g/mol. The second kappa shape index (κ2) is 5.71. The highest BCUT2D eigenvalue weighted by Crippen LogP contribution is 2.41. The summed E-state index contributed by atoms with van der Waals surface area (Å²) in [5.74, 6) is 1.68. The fourth-order valence-electron chi connectivity index (χ4n) is 4.53. The Hall–Kier alpha value is -2.57. The molecule has 0 aliphatic carbocycles. The lowest BCUT2D eigenvalue weighted by Gasteiger charge is -2.33. The van der Waals surface area contributed by atoms with Crippen LogP contribution < -0.4 is 14.4 Å². The maximum absolute atomic E-state index is 13.1. The van der Waals surface area contributed by atoms with Gasteiger partial charge in [0.05, 0.1) is 12.1 Å². The third kappa shape index (κ3) is 2.37. The van der Waals surface area contributed by atoms with Crippen molar-refractivity contribution in [1.29, 1.82) is 0 Å². The summed E-state index contributed by atoms with van der Waals surface area (Å²) in [5.41, 5.74) is 0.915. The molecule has 1 amide bonds.